The largest absolute Gasteiger partial charge is 0.465 e. The van der Waals surface area contributed by atoms with Crippen LogP contribution in [0.4, 0.5) is 0 Å². The topological polar surface area (TPSA) is 53.4 Å². The van der Waals surface area contributed by atoms with Crippen LogP contribution in [-0.4, -0.2) is 28.7 Å². The van der Waals surface area contributed by atoms with Gasteiger partial charge in [-0.15, -0.1) is 0 Å². The Morgan fingerprint density at radius 2 is 1.60 bits per heavy atom. The first-order valence-electron chi connectivity index (χ1n) is 8.29. The number of hydrogen-bond acceptors (Lipinski definition) is 4. The number of ether oxygens (including phenoxy) is 2. The number of imidazole rings is 1. The van der Waals surface area contributed by atoms with E-state index in [0.717, 1.165) is 11.3 Å². The van der Waals surface area contributed by atoms with E-state index >= 15 is 0 Å². The van der Waals surface area contributed by atoms with Crippen LogP contribution >= 0.6 is 0 Å². The molecule has 0 fully saturated rings. The van der Waals surface area contributed by atoms with Gasteiger partial charge < -0.3 is 9.47 Å². The molecule has 2 aromatic carbocycles. The predicted octanol–water partition coefficient (Wildman–Crippen LogP) is 4.11. The van der Waals surface area contributed by atoms with Crippen molar-refractivity contribution in [2.75, 3.05) is 13.2 Å². The number of esters is 1. The normalized spacial score (nSPS) is 10.5. The minimum absolute atomic E-state index is 0.250. The van der Waals surface area contributed by atoms with Gasteiger partial charge in [-0.25, -0.2) is 4.79 Å². The van der Waals surface area contributed by atoms with E-state index in [2.05, 4.69) is 4.98 Å². The summed E-state index contributed by atoms with van der Waals surface area (Å²) in [6, 6.07) is 19.7. The number of para-hydroxylation sites is 1. The van der Waals surface area contributed by atoms with Gasteiger partial charge in [0, 0.05) is 5.56 Å². The van der Waals surface area contributed by atoms with E-state index < -0.39 is 5.97 Å². The molecule has 0 bridgehead atoms. The summed E-state index contributed by atoms with van der Waals surface area (Å²) in [4.78, 5) is 16.9. The molecule has 0 saturated heterocycles. The summed E-state index contributed by atoms with van der Waals surface area (Å²) < 4.78 is 12.8. The van der Waals surface area contributed by atoms with Gasteiger partial charge in [-0.05, 0) is 26.0 Å². The summed E-state index contributed by atoms with van der Waals surface area (Å²) in [5.41, 5.74) is 2.65. The lowest BCUT2D eigenvalue weighted by Gasteiger charge is -2.12. The van der Waals surface area contributed by atoms with Crippen molar-refractivity contribution in [1.82, 2.24) is 9.55 Å². The Kier molecular flexibility index (Phi) is 5.14. The van der Waals surface area contributed by atoms with Crippen molar-refractivity contribution in [2.24, 2.45) is 0 Å². The summed E-state index contributed by atoms with van der Waals surface area (Å²) in [6.45, 7) is 4.39. The Morgan fingerprint density at radius 1 is 0.960 bits per heavy atom. The molecule has 0 aliphatic carbocycles. The SMILES string of the molecule is CCOC(=O)c1nc(OCC)n(-c2ccccc2)c1-c1ccccc1. The van der Waals surface area contributed by atoms with Gasteiger partial charge >= 0.3 is 12.0 Å². The van der Waals surface area contributed by atoms with Crippen LogP contribution in [0.3, 0.4) is 0 Å². The lowest BCUT2D eigenvalue weighted by atomic mass is 10.1. The zero-order valence-electron chi connectivity index (χ0n) is 14.3. The van der Waals surface area contributed by atoms with E-state index in [0.29, 0.717) is 18.3 Å². The van der Waals surface area contributed by atoms with Crippen molar-refractivity contribution < 1.29 is 14.3 Å². The number of carbonyl (C=O) groups excluding carboxylic acids is 1. The van der Waals surface area contributed by atoms with Crippen LogP contribution in [-0.2, 0) is 4.74 Å². The predicted molar refractivity (Wildman–Crippen MR) is 96.1 cm³/mol. The Bertz CT molecular complexity index is 842. The maximum atomic E-state index is 12.5. The standard InChI is InChI=1S/C20H20N2O3/c1-3-24-19(23)17-18(15-11-7-5-8-12-15)22(20(21-17)25-4-2)16-13-9-6-10-14-16/h5-14H,3-4H2,1-2H3. The van der Waals surface area contributed by atoms with E-state index in [1.807, 2.05) is 72.2 Å². The van der Waals surface area contributed by atoms with Crippen molar-refractivity contribution in [3.63, 3.8) is 0 Å². The van der Waals surface area contributed by atoms with Crippen LogP contribution in [0.1, 0.15) is 24.3 Å². The molecular formula is C20H20N2O3. The van der Waals surface area contributed by atoms with Crippen LogP contribution in [0.25, 0.3) is 16.9 Å². The highest BCUT2D eigenvalue weighted by atomic mass is 16.5. The fourth-order valence-electron chi connectivity index (χ4n) is 2.65. The van der Waals surface area contributed by atoms with Crippen molar-refractivity contribution in [3.8, 4) is 23.0 Å². The van der Waals surface area contributed by atoms with Gasteiger partial charge in [0.25, 0.3) is 0 Å². The zero-order valence-corrected chi connectivity index (χ0v) is 14.3. The molecule has 3 rings (SSSR count). The third-order valence-electron chi connectivity index (χ3n) is 3.65. The van der Waals surface area contributed by atoms with Crippen molar-refractivity contribution in [3.05, 3.63) is 66.4 Å². The van der Waals surface area contributed by atoms with Crippen LogP contribution in [0.15, 0.2) is 60.7 Å². The highest BCUT2D eigenvalue weighted by Crippen LogP contribution is 2.32. The molecule has 0 saturated carbocycles. The minimum Gasteiger partial charge on any atom is -0.465 e. The van der Waals surface area contributed by atoms with Gasteiger partial charge in [0.2, 0.25) is 0 Å². The van der Waals surface area contributed by atoms with Gasteiger partial charge in [0.05, 0.1) is 24.6 Å². The fourth-order valence-corrected chi connectivity index (χ4v) is 2.65. The van der Waals surface area contributed by atoms with Crippen LogP contribution in [0.2, 0.25) is 0 Å². The summed E-state index contributed by atoms with van der Waals surface area (Å²) in [7, 11) is 0. The van der Waals surface area contributed by atoms with Crippen LogP contribution in [0, 0.1) is 0 Å². The molecule has 0 N–H and O–H groups in total. The lowest BCUT2D eigenvalue weighted by molar-refractivity contribution is 0.0520. The van der Waals surface area contributed by atoms with Crippen molar-refractivity contribution >= 4 is 5.97 Å². The number of aromatic nitrogens is 2. The first-order valence-corrected chi connectivity index (χ1v) is 8.29. The number of nitrogens with zero attached hydrogens (tertiary/aromatic N) is 2. The molecule has 0 unspecified atom stereocenters. The molecule has 5 heteroatoms. The number of hydrogen-bond donors (Lipinski definition) is 0. The molecule has 25 heavy (non-hydrogen) atoms. The average molecular weight is 336 g/mol. The average Bonchev–Trinajstić information content (AvgIpc) is 3.03. The first-order chi connectivity index (χ1) is 12.3. The smallest absolute Gasteiger partial charge is 0.359 e. The summed E-state index contributed by atoms with van der Waals surface area (Å²) in [6.07, 6.45) is 0. The quantitative estimate of drug-likeness (QED) is 0.636. The maximum Gasteiger partial charge on any atom is 0.359 e. The van der Waals surface area contributed by atoms with Crippen LogP contribution < -0.4 is 4.74 Å². The molecule has 0 aliphatic rings. The molecule has 0 aliphatic heterocycles. The Morgan fingerprint density at radius 3 is 2.20 bits per heavy atom. The lowest BCUT2D eigenvalue weighted by Crippen LogP contribution is -2.08. The molecular weight excluding hydrogens is 316 g/mol. The zero-order chi connectivity index (χ0) is 17.6. The monoisotopic (exact) mass is 336 g/mol. The molecule has 1 aromatic heterocycles. The van der Waals surface area contributed by atoms with Crippen molar-refractivity contribution in [2.45, 2.75) is 13.8 Å². The van der Waals surface area contributed by atoms with Gasteiger partial charge in [-0.2, -0.15) is 4.98 Å². The van der Waals surface area contributed by atoms with Crippen LogP contribution in [0.5, 0.6) is 6.01 Å². The molecule has 5 nitrogen and oxygen atoms in total. The van der Waals surface area contributed by atoms with Gasteiger partial charge in [0.1, 0.15) is 0 Å². The number of carbonyl (C=O) groups is 1. The summed E-state index contributed by atoms with van der Waals surface area (Å²) in [5.74, 6) is -0.461. The molecule has 0 atom stereocenters. The first kappa shape index (κ1) is 16.8. The van der Waals surface area contributed by atoms with E-state index in [1.54, 1.807) is 6.92 Å². The second kappa shape index (κ2) is 7.66. The summed E-state index contributed by atoms with van der Waals surface area (Å²) in [5, 5.41) is 0. The van der Waals surface area contributed by atoms with Gasteiger partial charge in [-0.1, -0.05) is 48.5 Å². The van der Waals surface area contributed by atoms with E-state index in [-0.39, 0.29) is 12.3 Å². The number of benzene rings is 2. The molecule has 0 amide bonds. The Balaban J connectivity index is 2.28. The maximum absolute atomic E-state index is 12.5. The van der Waals surface area contributed by atoms with E-state index in [4.69, 9.17) is 9.47 Å². The third-order valence-corrected chi connectivity index (χ3v) is 3.65. The second-order valence-corrected chi connectivity index (χ2v) is 5.28. The molecule has 0 radical (unpaired) electrons. The van der Waals surface area contributed by atoms with E-state index in [1.165, 1.54) is 0 Å². The van der Waals surface area contributed by atoms with Gasteiger partial charge in [0.15, 0.2) is 5.69 Å². The van der Waals surface area contributed by atoms with Crippen molar-refractivity contribution in [1.29, 1.82) is 0 Å². The fraction of sp³-hybridized carbons (Fsp3) is 0.200. The molecule has 128 valence electrons. The third kappa shape index (κ3) is 3.40. The highest BCUT2D eigenvalue weighted by Gasteiger charge is 2.26. The number of rotatable bonds is 6. The molecule has 3 aromatic rings. The Labute approximate surface area is 146 Å². The summed E-state index contributed by atoms with van der Waals surface area (Å²) >= 11 is 0. The minimum atomic E-state index is -0.461. The Hall–Kier alpha value is -3.08. The molecule has 0 spiro atoms. The van der Waals surface area contributed by atoms with Gasteiger partial charge in [-0.3, -0.25) is 4.57 Å². The molecule has 1 heterocycles. The van der Waals surface area contributed by atoms with E-state index in [9.17, 15) is 4.79 Å². The highest BCUT2D eigenvalue weighted by molar-refractivity contribution is 5.95. The second-order valence-electron chi connectivity index (χ2n) is 5.28.